The van der Waals surface area contributed by atoms with Gasteiger partial charge in [-0.2, -0.15) is 0 Å². The molecule has 2 aromatic heterocycles. The van der Waals surface area contributed by atoms with Gasteiger partial charge in [-0.05, 0) is 30.8 Å². The Balaban J connectivity index is 2.14. The van der Waals surface area contributed by atoms with Gasteiger partial charge >= 0.3 is 0 Å². The number of pyridine rings is 1. The van der Waals surface area contributed by atoms with Crippen LogP contribution in [0.2, 0.25) is 0 Å². The third-order valence-corrected chi connectivity index (χ3v) is 3.13. The van der Waals surface area contributed by atoms with E-state index in [0.717, 1.165) is 15.7 Å². The molecule has 0 aromatic carbocycles. The van der Waals surface area contributed by atoms with Crippen molar-refractivity contribution in [2.45, 2.75) is 23.0 Å². The zero-order chi connectivity index (χ0) is 11.5. The van der Waals surface area contributed by atoms with Crippen LogP contribution >= 0.6 is 11.8 Å². The van der Waals surface area contributed by atoms with Gasteiger partial charge in [-0.3, -0.25) is 4.98 Å². The van der Waals surface area contributed by atoms with Gasteiger partial charge in [0.15, 0.2) is 5.16 Å². The second kappa shape index (κ2) is 4.63. The van der Waals surface area contributed by atoms with Crippen LogP contribution in [-0.2, 0) is 7.05 Å². The second-order valence-electron chi connectivity index (χ2n) is 3.53. The molecule has 16 heavy (non-hydrogen) atoms. The second-order valence-corrected chi connectivity index (χ2v) is 4.57. The van der Waals surface area contributed by atoms with Crippen LogP contribution in [0.3, 0.4) is 0 Å². The van der Waals surface area contributed by atoms with Crippen LogP contribution in [0.4, 0.5) is 0 Å². The summed E-state index contributed by atoms with van der Waals surface area (Å²) in [5.74, 6) is 0. The Labute approximate surface area is 98.1 Å². The van der Waals surface area contributed by atoms with Gasteiger partial charge in [-0.25, -0.2) is 0 Å². The van der Waals surface area contributed by atoms with Crippen molar-refractivity contribution < 1.29 is 0 Å². The molecule has 1 atom stereocenters. The van der Waals surface area contributed by atoms with E-state index in [1.165, 1.54) is 11.8 Å². The molecule has 0 aliphatic carbocycles. The lowest BCUT2D eigenvalue weighted by Gasteiger charge is -2.05. The average Bonchev–Trinajstić information content (AvgIpc) is 2.65. The summed E-state index contributed by atoms with van der Waals surface area (Å²) < 4.78 is 1.87. The summed E-state index contributed by atoms with van der Waals surface area (Å²) in [4.78, 5) is 5.31. The van der Waals surface area contributed by atoms with Gasteiger partial charge in [-0.15, -0.1) is 10.2 Å². The minimum atomic E-state index is -0.0334. The predicted octanol–water partition coefficient (Wildman–Crippen LogP) is 1.38. The predicted molar refractivity (Wildman–Crippen MR) is 62.0 cm³/mol. The highest BCUT2D eigenvalue weighted by atomic mass is 32.2. The molecule has 0 aliphatic heterocycles. The monoisotopic (exact) mass is 235 g/mol. The van der Waals surface area contributed by atoms with Crippen molar-refractivity contribution in [3.05, 3.63) is 30.4 Å². The van der Waals surface area contributed by atoms with Gasteiger partial charge < -0.3 is 10.3 Å². The van der Waals surface area contributed by atoms with Crippen LogP contribution in [-0.4, -0.2) is 19.7 Å². The highest BCUT2D eigenvalue weighted by Gasteiger charge is 2.05. The maximum atomic E-state index is 5.73. The number of hydrogen-bond acceptors (Lipinski definition) is 5. The Morgan fingerprint density at radius 2 is 2.25 bits per heavy atom. The van der Waals surface area contributed by atoms with Crippen molar-refractivity contribution in [3.8, 4) is 0 Å². The lowest BCUT2D eigenvalue weighted by atomic mass is 10.2. The van der Waals surface area contributed by atoms with Gasteiger partial charge in [0.25, 0.3) is 0 Å². The molecule has 0 amide bonds. The van der Waals surface area contributed by atoms with E-state index in [-0.39, 0.29) is 6.04 Å². The fourth-order valence-electron chi connectivity index (χ4n) is 1.19. The SMILES string of the molecule is CC(N)c1ccc(Sc2nncn2C)cn1. The number of aromatic nitrogens is 4. The molecule has 0 fully saturated rings. The minimum Gasteiger partial charge on any atom is -0.323 e. The minimum absolute atomic E-state index is 0.0334. The van der Waals surface area contributed by atoms with Crippen molar-refractivity contribution in [3.63, 3.8) is 0 Å². The van der Waals surface area contributed by atoms with Crippen molar-refractivity contribution in [1.82, 2.24) is 19.7 Å². The zero-order valence-electron chi connectivity index (χ0n) is 9.16. The van der Waals surface area contributed by atoms with Crippen LogP contribution in [0.15, 0.2) is 34.7 Å². The van der Waals surface area contributed by atoms with Crippen molar-refractivity contribution in [2.75, 3.05) is 0 Å². The zero-order valence-corrected chi connectivity index (χ0v) is 9.98. The van der Waals surface area contributed by atoms with Crippen molar-refractivity contribution in [2.24, 2.45) is 12.8 Å². The van der Waals surface area contributed by atoms with Crippen molar-refractivity contribution >= 4 is 11.8 Å². The van der Waals surface area contributed by atoms with Crippen LogP contribution in [0.5, 0.6) is 0 Å². The number of rotatable bonds is 3. The van der Waals surface area contributed by atoms with E-state index < -0.39 is 0 Å². The van der Waals surface area contributed by atoms with E-state index in [1.54, 1.807) is 12.5 Å². The number of nitrogens with zero attached hydrogens (tertiary/aromatic N) is 4. The van der Waals surface area contributed by atoms with E-state index in [9.17, 15) is 0 Å². The molecule has 0 radical (unpaired) electrons. The molecule has 0 saturated carbocycles. The lowest BCUT2D eigenvalue weighted by Crippen LogP contribution is -2.06. The van der Waals surface area contributed by atoms with E-state index in [2.05, 4.69) is 15.2 Å². The van der Waals surface area contributed by atoms with Crippen LogP contribution in [0.1, 0.15) is 18.7 Å². The van der Waals surface area contributed by atoms with Crippen LogP contribution < -0.4 is 5.73 Å². The number of nitrogens with two attached hydrogens (primary N) is 1. The fourth-order valence-corrected chi connectivity index (χ4v) is 1.92. The third-order valence-electron chi connectivity index (χ3n) is 2.10. The summed E-state index contributed by atoms with van der Waals surface area (Å²) in [5.41, 5.74) is 6.62. The summed E-state index contributed by atoms with van der Waals surface area (Å²) in [7, 11) is 1.91. The van der Waals surface area contributed by atoms with E-state index >= 15 is 0 Å². The Morgan fingerprint density at radius 1 is 1.44 bits per heavy atom. The molecule has 0 saturated heterocycles. The quantitative estimate of drug-likeness (QED) is 0.870. The lowest BCUT2D eigenvalue weighted by molar-refractivity contribution is 0.775. The summed E-state index contributed by atoms with van der Waals surface area (Å²) in [5, 5.41) is 8.65. The normalized spacial score (nSPS) is 12.7. The molecule has 84 valence electrons. The molecular formula is C10H13N5S. The van der Waals surface area contributed by atoms with Gasteiger partial charge in [0, 0.05) is 24.2 Å². The molecule has 0 spiro atoms. The van der Waals surface area contributed by atoms with E-state index in [1.807, 2.05) is 30.7 Å². The molecule has 0 bridgehead atoms. The summed E-state index contributed by atoms with van der Waals surface area (Å²) in [6, 6.07) is 3.89. The Kier molecular flexibility index (Phi) is 3.21. The summed E-state index contributed by atoms with van der Waals surface area (Å²) in [6.07, 6.45) is 3.48. The number of aryl methyl sites for hydroxylation is 1. The highest BCUT2D eigenvalue weighted by molar-refractivity contribution is 7.99. The number of hydrogen-bond donors (Lipinski definition) is 1. The first-order valence-electron chi connectivity index (χ1n) is 4.90. The molecule has 2 aromatic rings. The average molecular weight is 235 g/mol. The molecule has 2 rings (SSSR count). The Hall–Kier alpha value is -1.40. The topological polar surface area (TPSA) is 69.6 Å². The molecule has 1 unspecified atom stereocenters. The summed E-state index contributed by atoms with van der Waals surface area (Å²) >= 11 is 1.53. The Morgan fingerprint density at radius 3 is 2.75 bits per heavy atom. The standard InChI is InChI=1S/C10H13N5S/c1-7(11)9-4-3-8(5-12-9)16-10-14-13-6-15(10)2/h3-7H,11H2,1-2H3. The molecule has 2 heterocycles. The Bertz CT molecular complexity index is 462. The molecule has 5 nitrogen and oxygen atoms in total. The highest BCUT2D eigenvalue weighted by Crippen LogP contribution is 2.24. The summed E-state index contributed by atoms with van der Waals surface area (Å²) in [6.45, 7) is 1.91. The van der Waals surface area contributed by atoms with E-state index in [4.69, 9.17) is 5.73 Å². The van der Waals surface area contributed by atoms with E-state index in [0.29, 0.717) is 0 Å². The van der Waals surface area contributed by atoms with Gasteiger partial charge in [0.1, 0.15) is 6.33 Å². The maximum absolute atomic E-state index is 5.73. The maximum Gasteiger partial charge on any atom is 0.195 e. The first-order valence-corrected chi connectivity index (χ1v) is 5.72. The molecular weight excluding hydrogens is 222 g/mol. The smallest absolute Gasteiger partial charge is 0.195 e. The first-order chi connectivity index (χ1) is 7.66. The molecule has 6 heteroatoms. The van der Waals surface area contributed by atoms with Gasteiger partial charge in [0.05, 0.1) is 5.69 Å². The van der Waals surface area contributed by atoms with Gasteiger partial charge in [-0.1, -0.05) is 0 Å². The van der Waals surface area contributed by atoms with Crippen LogP contribution in [0.25, 0.3) is 0 Å². The van der Waals surface area contributed by atoms with Crippen molar-refractivity contribution in [1.29, 1.82) is 0 Å². The first kappa shape index (κ1) is 11.1. The molecule has 0 aliphatic rings. The van der Waals surface area contributed by atoms with Crippen LogP contribution in [0, 0.1) is 0 Å². The largest absolute Gasteiger partial charge is 0.323 e. The fraction of sp³-hybridized carbons (Fsp3) is 0.300. The molecule has 2 N–H and O–H groups in total. The third kappa shape index (κ3) is 2.40. The van der Waals surface area contributed by atoms with Gasteiger partial charge in [0.2, 0.25) is 0 Å².